The quantitative estimate of drug-likeness (QED) is 0.888. The Morgan fingerprint density at radius 3 is 2.95 bits per heavy atom. The predicted octanol–water partition coefficient (Wildman–Crippen LogP) is 2.46. The summed E-state index contributed by atoms with van der Waals surface area (Å²) in [4.78, 5) is 16.7. The second-order valence-corrected chi connectivity index (χ2v) is 6.08. The largest absolute Gasteiger partial charge is 0.394 e. The number of amides is 1. The number of aromatic nitrogens is 1. The van der Waals surface area contributed by atoms with Crippen molar-refractivity contribution >= 4 is 17.2 Å². The fourth-order valence-corrected chi connectivity index (χ4v) is 3.34. The molecule has 1 aliphatic heterocycles. The van der Waals surface area contributed by atoms with Crippen molar-refractivity contribution in [3.8, 4) is 0 Å². The summed E-state index contributed by atoms with van der Waals surface area (Å²) in [6.45, 7) is 0.602. The number of benzene rings is 1. The number of nitrogens with one attached hydrogen (secondary N) is 1. The number of nitrogens with zero attached hydrogens (tertiary/aromatic N) is 1. The first kappa shape index (κ1) is 15.1. The van der Waals surface area contributed by atoms with Crippen molar-refractivity contribution in [1.29, 1.82) is 0 Å². The van der Waals surface area contributed by atoms with Gasteiger partial charge < -0.3 is 15.2 Å². The second kappa shape index (κ2) is 7.00. The van der Waals surface area contributed by atoms with Crippen molar-refractivity contribution in [2.75, 3.05) is 13.2 Å². The molecule has 0 radical (unpaired) electrons. The van der Waals surface area contributed by atoms with Gasteiger partial charge in [0.2, 0.25) is 0 Å². The monoisotopic (exact) mass is 318 g/mol. The third kappa shape index (κ3) is 3.35. The van der Waals surface area contributed by atoms with E-state index in [1.807, 2.05) is 30.3 Å². The zero-order valence-corrected chi connectivity index (χ0v) is 12.9. The van der Waals surface area contributed by atoms with Crippen molar-refractivity contribution in [2.45, 2.75) is 25.0 Å². The van der Waals surface area contributed by atoms with E-state index in [1.165, 1.54) is 11.3 Å². The molecule has 1 aromatic heterocycles. The SMILES string of the molecule is O=C(N[C@@H](CO)c1ccccc1)c1csc([C@@H]2CCCO2)n1. The molecule has 2 N–H and O–H groups in total. The Balaban J connectivity index is 1.68. The van der Waals surface area contributed by atoms with Crippen LogP contribution in [-0.4, -0.2) is 29.2 Å². The molecule has 0 bridgehead atoms. The van der Waals surface area contributed by atoms with E-state index < -0.39 is 6.04 Å². The van der Waals surface area contributed by atoms with Crippen molar-refractivity contribution < 1.29 is 14.6 Å². The first-order valence-corrected chi connectivity index (χ1v) is 8.19. The van der Waals surface area contributed by atoms with E-state index >= 15 is 0 Å². The summed E-state index contributed by atoms with van der Waals surface area (Å²) in [5.41, 5.74) is 1.25. The lowest BCUT2D eigenvalue weighted by Crippen LogP contribution is -2.31. The Bertz CT molecular complexity index is 623. The molecule has 5 nitrogen and oxygen atoms in total. The Morgan fingerprint density at radius 2 is 2.27 bits per heavy atom. The topological polar surface area (TPSA) is 71.5 Å². The molecule has 2 aromatic rings. The summed E-state index contributed by atoms with van der Waals surface area (Å²) >= 11 is 1.45. The van der Waals surface area contributed by atoms with E-state index in [9.17, 15) is 9.90 Å². The summed E-state index contributed by atoms with van der Waals surface area (Å²) in [5, 5.41) is 14.9. The van der Waals surface area contributed by atoms with Crippen molar-refractivity contribution in [3.05, 3.63) is 52.0 Å². The lowest BCUT2D eigenvalue weighted by Gasteiger charge is -2.15. The number of hydrogen-bond acceptors (Lipinski definition) is 5. The molecule has 1 saturated heterocycles. The van der Waals surface area contributed by atoms with Gasteiger partial charge in [0, 0.05) is 12.0 Å². The van der Waals surface area contributed by atoms with Gasteiger partial charge in [0.05, 0.1) is 12.6 Å². The minimum Gasteiger partial charge on any atom is -0.394 e. The molecule has 22 heavy (non-hydrogen) atoms. The summed E-state index contributed by atoms with van der Waals surface area (Å²) in [5.74, 6) is -0.275. The highest BCUT2D eigenvalue weighted by molar-refractivity contribution is 7.09. The Kier molecular flexibility index (Phi) is 4.82. The highest BCUT2D eigenvalue weighted by atomic mass is 32.1. The average molecular weight is 318 g/mol. The van der Waals surface area contributed by atoms with Crippen molar-refractivity contribution in [2.24, 2.45) is 0 Å². The number of ether oxygens (including phenoxy) is 1. The van der Waals surface area contributed by atoms with Gasteiger partial charge in [-0.25, -0.2) is 4.98 Å². The number of aliphatic hydroxyl groups excluding tert-OH is 1. The molecule has 6 heteroatoms. The standard InChI is InChI=1S/C16H18N2O3S/c19-9-12(11-5-2-1-3-6-11)17-15(20)13-10-22-16(18-13)14-7-4-8-21-14/h1-3,5-6,10,12,14,19H,4,7-9H2,(H,17,20)/t12-,14-/m0/s1. The van der Waals surface area contributed by atoms with Crippen LogP contribution in [0.1, 0.15) is 46.0 Å². The number of thiazole rings is 1. The van der Waals surface area contributed by atoms with Gasteiger partial charge >= 0.3 is 0 Å². The Labute approximate surface area is 133 Å². The van der Waals surface area contributed by atoms with Crippen LogP contribution < -0.4 is 5.32 Å². The molecule has 2 atom stereocenters. The zero-order chi connectivity index (χ0) is 15.4. The smallest absolute Gasteiger partial charge is 0.271 e. The predicted molar refractivity (Wildman–Crippen MR) is 83.8 cm³/mol. The molecule has 0 saturated carbocycles. The number of carbonyl (C=O) groups excluding carboxylic acids is 1. The number of rotatable bonds is 5. The van der Waals surface area contributed by atoms with Crippen LogP contribution in [0.15, 0.2) is 35.7 Å². The van der Waals surface area contributed by atoms with E-state index in [4.69, 9.17) is 4.74 Å². The molecule has 3 rings (SSSR count). The van der Waals surface area contributed by atoms with Gasteiger partial charge in [-0.2, -0.15) is 0 Å². The lowest BCUT2D eigenvalue weighted by atomic mass is 10.1. The maximum absolute atomic E-state index is 12.3. The molecule has 1 aromatic carbocycles. The van der Waals surface area contributed by atoms with Crippen LogP contribution in [0, 0.1) is 0 Å². The van der Waals surface area contributed by atoms with E-state index in [1.54, 1.807) is 5.38 Å². The van der Waals surface area contributed by atoms with Crippen LogP contribution in [0.4, 0.5) is 0 Å². The maximum atomic E-state index is 12.3. The van der Waals surface area contributed by atoms with Gasteiger partial charge in [0.1, 0.15) is 16.8 Å². The number of aliphatic hydroxyl groups is 1. The molecule has 116 valence electrons. The van der Waals surface area contributed by atoms with Gasteiger partial charge in [-0.3, -0.25) is 4.79 Å². The van der Waals surface area contributed by atoms with Crippen LogP contribution >= 0.6 is 11.3 Å². The minimum atomic E-state index is -0.429. The van der Waals surface area contributed by atoms with Crippen LogP contribution in [0.5, 0.6) is 0 Å². The normalized spacial score (nSPS) is 19.0. The van der Waals surface area contributed by atoms with Gasteiger partial charge in [-0.1, -0.05) is 30.3 Å². The summed E-state index contributed by atoms with van der Waals surface area (Å²) in [6, 6.07) is 8.97. The summed E-state index contributed by atoms with van der Waals surface area (Å²) in [6.07, 6.45) is 2.01. The Hall–Kier alpha value is -1.76. The third-order valence-electron chi connectivity index (χ3n) is 3.65. The summed E-state index contributed by atoms with van der Waals surface area (Å²) in [7, 11) is 0. The van der Waals surface area contributed by atoms with Crippen LogP contribution in [-0.2, 0) is 4.74 Å². The maximum Gasteiger partial charge on any atom is 0.271 e. The molecule has 1 aliphatic rings. The highest BCUT2D eigenvalue weighted by Crippen LogP contribution is 2.30. The minimum absolute atomic E-state index is 0.0225. The average Bonchev–Trinajstić information content (AvgIpc) is 3.23. The number of carbonyl (C=O) groups is 1. The van der Waals surface area contributed by atoms with E-state index in [0.29, 0.717) is 5.69 Å². The molecule has 0 unspecified atom stereocenters. The zero-order valence-electron chi connectivity index (χ0n) is 12.1. The van der Waals surface area contributed by atoms with Crippen LogP contribution in [0.3, 0.4) is 0 Å². The van der Waals surface area contributed by atoms with Crippen LogP contribution in [0.2, 0.25) is 0 Å². The molecule has 1 fully saturated rings. The third-order valence-corrected chi connectivity index (χ3v) is 4.59. The molecule has 1 amide bonds. The van der Waals surface area contributed by atoms with E-state index in [-0.39, 0.29) is 18.6 Å². The van der Waals surface area contributed by atoms with Gasteiger partial charge in [-0.15, -0.1) is 11.3 Å². The second-order valence-electron chi connectivity index (χ2n) is 5.19. The Morgan fingerprint density at radius 1 is 1.45 bits per heavy atom. The van der Waals surface area contributed by atoms with Gasteiger partial charge in [0.15, 0.2) is 0 Å². The summed E-state index contributed by atoms with van der Waals surface area (Å²) < 4.78 is 5.58. The van der Waals surface area contributed by atoms with Gasteiger partial charge in [0.25, 0.3) is 5.91 Å². The first-order chi connectivity index (χ1) is 10.8. The molecule has 2 heterocycles. The van der Waals surface area contributed by atoms with Crippen LogP contribution in [0.25, 0.3) is 0 Å². The molecular weight excluding hydrogens is 300 g/mol. The molecular formula is C16H18N2O3S. The number of hydrogen-bond donors (Lipinski definition) is 2. The molecule has 0 aliphatic carbocycles. The first-order valence-electron chi connectivity index (χ1n) is 7.31. The van der Waals surface area contributed by atoms with E-state index in [2.05, 4.69) is 10.3 Å². The fourth-order valence-electron chi connectivity index (χ4n) is 2.46. The fraction of sp³-hybridized carbons (Fsp3) is 0.375. The van der Waals surface area contributed by atoms with Crippen molar-refractivity contribution in [3.63, 3.8) is 0 Å². The van der Waals surface area contributed by atoms with Gasteiger partial charge in [-0.05, 0) is 18.4 Å². The molecule has 0 spiro atoms. The van der Waals surface area contributed by atoms with Crippen molar-refractivity contribution in [1.82, 2.24) is 10.3 Å². The lowest BCUT2D eigenvalue weighted by molar-refractivity contribution is 0.0909. The highest BCUT2D eigenvalue weighted by Gasteiger charge is 2.23. The van der Waals surface area contributed by atoms with E-state index in [0.717, 1.165) is 30.0 Å².